The van der Waals surface area contributed by atoms with Gasteiger partial charge in [-0.15, -0.1) is 0 Å². The number of esters is 1. The lowest BCUT2D eigenvalue weighted by Gasteiger charge is -2.66. The topological polar surface area (TPSA) is 73.6 Å². The molecule has 1 aromatic rings. The van der Waals surface area contributed by atoms with Crippen molar-refractivity contribution >= 4 is 17.5 Å². The standard InChI is InChI=1S/C28H34O5/c1-16(29)33-23-14-20-25(2,3)22(31)8-11-26(20,4)19-7-10-27(5)21(28(19,23)6)13-18(30)24(27)17-9-12-32-15-17/h8-9,11-13,15,19-20,23-24H,7,10,14H2,1-6H3/t19-,20+,23-,24-,26-,27-,28-/m1/s1. The van der Waals surface area contributed by atoms with Crippen molar-refractivity contribution in [2.75, 3.05) is 0 Å². The van der Waals surface area contributed by atoms with E-state index in [0.29, 0.717) is 6.42 Å². The Balaban J connectivity index is 1.68. The SMILES string of the molecule is CC(=O)O[C@@H]1C[C@H]2C(C)(C)C(=O)C=C[C@]2(C)[C@H]2CC[C@]3(C)C(=CC(=O)[C@H]3c3ccoc3)[C@@]21C. The summed E-state index contributed by atoms with van der Waals surface area (Å²) >= 11 is 0. The van der Waals surface area contributed by atoms with Gasteiger partial charge in [0.25, 0.3) is 0 Å². The quantitative estimate of drug-likeness (QED) is 0.563. The van der Waals surface area contributed by atoms with Crippen LogP contribution in [0.15, 0.2) is 46.8 Å². The van der Waals surface area contributed by atoms with Crippen molar-refractivity contribution in [3.05, 3.63) is 48.0 Å². The summed E-state index contributed by atoms with van der Waals surface area (Å²) in [6, 6.07) is 1.89. The number of hydrogen-bond acceptors (Lipinski definition) is 5. The van der Waals surface area contributed by atoms with E-state index in [-0.39, 0.29) is 46.1 Å². The molecule has 7 atom stereocenters. The molecule has 0 bridgehead atoms. The summed E-state index contributed by atoms with van der Waals surface area (Å²) < 4.78 is 11.4. The van der Waals surface area contributed by atoms with Gasteiger partial charge in [-0.25, -0.2) is 0 Å². The van der Waals surface area contributed by atoms with E-state index in [4.69, 9.17) is 9.15 Å². The lowest BCUT2D eigenvalue weighted by molar-refractivity contribution is -0.187. The van der Waals surface area contributed by atoms with Crippen molar-refractivity contribution < 1.29 is 23.5 Å². The smallest absolute Gasteiger partial charge is 0.302 e. The third-order valence-corrected chi connectivity index (χ3v) is 9.99. The second kappa shape index (κ2) is 6.80. The molecule has 0 aromatic carbocycles. The number of furan rings is 1. The largest absolute Gasteiger partial charge is 0.472 e. The summed E-state index contributed by atoms with van der Waals surface area (Å²) in [4.78, 5) is 38.6. The maximum Gasteiger partial charge on any atom is 0.302 e. The van der Waals surface area contributed by atoms with Gasteiger partial charge in [-0.1, -0.05) is 40.7 Å². The zero-order chi connectivity index (χ0) is 24.0. The summed E-state index contributed by atoms with van der Waals surface area (Å²) in [5, 5.41) is 0. The Morgan fingerprint density at radius 1 is 1.12 bits per heavy atom. The first-order valence-electron chi connectivity index (χ1n) is 12.1. The predicted molar refractivity (Wildman–Crippen MR) is 123 cm³/mol. The average molecular weight is 451 g/mol. The van der Waals surface area contributed by atoms with E-state index in [2.05, 4.69) is 26.8 Å². The normalized spacial score (nSPS) is 43.4. The number of rotatable bonds is 2. The van der Waals surface area contributed by atoms with E-state index in [1.54, 1.807) is 18.6 Å². The molecule has 0 spiro atoms. The Morgan fingerprint density at radius 2 is 1.85 bits per heavy atom. The Kier molecular flexibility index (Phi) is 4.61. The zero-order valence-corrected chi connectivity index (χ0v) is 20.4. The molecule has 2 saturated carbocycles. The molecule has 176 valence electrons. The van der Waals surface area contributed by atoms with Crippen molar-refractivity contribution in [2.24, 2.45) is 33.5 Å². The molecule has 0 N–H and O–H groups in total. The van der Waals surface area contributed by atoms with Gasteiger partial charge in [-0.2, -0.15) is 0 Å². The molecule has 0 amide bonds. The van der Waals surface area contributed by atoms with Gasteiger partial charge < -0.3 is 9.15 Å². The van der Waals surface area contributed by atoms with Crippen LogP contribution in [0.2, 0.25) is 0 Å². The number of allylic oxidation sites excluding steroid dienone is 3. The molecule has 0 radical (unpaired) electrons. The number of ketones is 2. The Bertz CT molecular complexity index is 1090. The summed E-state index contributed by atoms with van der Waals surface area (Å²) in [5.74, 6) is -0.177. The highest BCUT2D eigenvalue weighted by Gasteiger charge is 2.69. The van der Waals surface area contributed by atoms with Crippen LogP contribution in [0.4, 0.5) is 0 Å². The van der Waals surface area contributed by atoms with Crippen LogP contribution in [0.25, 0.3) is 0 Å². The lowest BCUT2D eigenvalue weighted by atomic mass is 9.38. The number of carbonyl (C=O) groups is 3. The minimum absolute atomic E-state index is 0.0525. The van der Waals surface area contributed by atoms with Crippen molar-refractivity contribution in [1.29, 1.82) is 0 Å². The van der Waals surface area contributed by atoms with E-state index in [0.717, 1.165) is 24.0 Å². The summed E-state index contributed by atoms with van der Waals surface area (Å²) in [7, 11) is 0. The first-order valence-corrected chi connectivity index (χ1v) is 12.1. The van der Waals surface area contributed by atoms with Crippen LogP contribution in [-0.4, -0.2) is 23.6 Å². The molecular formula is C28H34O5. The molecule has 33 heavy (non-hydrogen) atoms. The fraction of sp³-hybridized carbons (Fsp3) is 0.607. The van der Waals surface area contributed by atoms with Gasteiger partial charge in [-0.05, 0) is 60.3 Å². The monoisotopic (exact) mass is 450 g/mol. The van der Waals surface area contributed by atoms with Crippen molar-refractivity contribution in [2.45, 2.75) is 72.8 Å². The fourth-order valence-electron chi connectivity index (χ4n) is 8.44. The Morgan fingerprint density at radius 3 is 2.48 bits per heavy atom. The van der Waals surface area contributed by atoms with Crippen LogP contribution >= 0.6 is 0 Å². The number of carbonyl (C=O) groups excluding carboxylic acids is 3. The maximum atomic E-state index is 13.4. The third-order valence-electron chi connectivity index (χ3n) is 9.99. The van der Waals surface area contributed by atoms with Crippen LogP contribution in [0, 0.1) is 33.5 Å². The van der Waals surface area contributed by atoms with Crippen LogP contribution in [0.5, 0.6) is 0 Å². The van der Waals surface area contributed by atoms with E-state index in [1.165, 1.54) is 6.92 Å². The number of hydrogen-bond donors (Lipinski definition) is 0. The molecule has 0 saturated heterocycles. The van der Waals surface area contributed by atoms with Crippen LogP contribution in [0.1, 0.15) is 72.3 Å². The minimum atomic E-state index is -0.539. The third kappa shape index (κ3) is 2.74. The van der Waals surface area contributed by atoms with Crippen molar-refractivity contribution in [3.63, 3.8) is 0 Å². The molecule has 1 heterocycles. The van der Waals surface area contributed by atoms with Crippen LogP contribution in [-0.2, 0) is 19.1 Å². The van der Waals surface area contributed by atoms with E-state index in [9.17, 15) is 14.4 Å². The number of fused-ring (bicyclic) bond motifs is 5. The second-order valence-corrected chi connectivity index (χ2v) is 11.9. The van der Waals surface area contributed by atoms with Gasteiger partial charge in [0.15, 0.2) is 11.6 Å². The number of ether oxygens (including phenoxy) is 1. The molecule has 5 nitrogen and oxygen atoms in total. The highest BCUT2D eigenvalue weighted by atomic mass is 16.5. The van der Waals surface area contributed by atoms with Crippen LogP contribution < -0.4 is 0 Å². The van der Waals surface area contributed by atoms with E-state index >= 15 is 0 Å². The molecule has 0 unspecified atom stereocenters. The van der Waals surface area contributed by atoms with Crippen LogP contribution in [0.3, 0.4) is 0 Å². The molecule has 4 aliphatic carbocycles. The molecule has 5 heteroatoms. The first-order chi connectivity index (χ1) is 15.4. The average Bonchev–Trinajstić information content (AvgIpc) is 3.32. The summed E-state index contributed by atoms with van der Waals surface area (Å²) in [5.41, 5.74) is 0.363. The van der Waals surface area contributed by atoms with Gasteiger partial charge in [0.1, 0.15) is 6.10 Å². The molecule has 4 aliphatic rings. The molecular weight excluding hydrogens is 416 g/mol. The molecule has 5 rings (SSSR count). The van der Waals surface area contributed by atoms with Gasteiger partial charge in [0.2, 0.25) is 0 Å². The van der Waals surface area contributed by atoms with Gasteiger partial charge in [-0.3, -0.25) is 14.4 Å². The second-order valence-electron chi connectivity index (χ2n) is 11.9. The summed E-state index contributed by atoms with van der Waals surface area (Å²) in [6.45, 7) is 12.1. The Hall–Kier alpha value is -2.43. The zero-order valence-electron chi connectivity index (χ0n) is 20.4. The van der Waals surface area contributed by atoms with Gasteiger partial charge >= 0.3 is 5.97 Å². The maximum absolute atomic E-state index is 13.4. The molecule has 1 aromatic heterocycles. The fourth-order valence-corrected chi connectivity index (χ4v) is 8.44. The van der Waals surface area contributed by atoms with Gasteiger partial charge in [0, 0.05) is 28.7 Å². The lowest BCUT2D eigenvalue weighted by Crippen LogP contribution is -2.64. The highest BCUT2D eigenvalue weighted by Crippen LogP contribution is 2.72. The van der Waals surface area contributed by atoms with Crippen molar-refractivity contribution in [1.82, 2.24) is 0 Å². The van der Waals surface area contributed by atoms with Gasteiger partial charge in [0.05, 0.1) is 18.4 Å². The summed E-state index contributed by atoms with van der Waals surface area (Å²) in [6.07, 6.45) is 11.0. The van der Waals surface area contributed by atoms with E-state index < -0.39 is 16.9 Å². The predicted octanol–water partition coefficient (Wildman–Crippen LogP) is 5.42. The highest BCUT2D eigenvalue weighted by molar-refractivity contribution is 6.01. The first kappa shape index (κ1) is 22.4. The molecule has 2 fully saturated rings. The van der Waals surface area contributed by atoms with Crippen molar-refractivity contribution in [3.8, 4) is 0 Å². The minimum Gasteiger partial charge on any atom is -0.472 e. The molecule has 0 aliphatic heterocycles. The Labute approximate surface area is 195 Å². The van der Waals surface area contributed by atoms with E-state index in [1.807, 2.05) is 26.0 Å².